The maximum atomic E-state index is 12.4. The standard InChI is InChI=1S/C11H18N6OS/c12-9(19)11(5-3-1-2-4-6-11)10(18)13-7-8-14-16-17-15-8/h1-7H2,(H2,12,19)(H,13,18)(H,14,15,16,17). The molecule has 0 aromatic carbocycles. The van der Waals surface area contributed by atoms with E-state index in [0.29, 0.717) is 10.8 Å². The zero-order valence-corrected chi connectivity index (χ0v) is 11.5. The minimum absolute atomic E-state index is 0.119. The van der Waals surface area contributed by atoms with Gasteiger partial charge in [0, 0.05) is 0 Å². The highest BCUT2D eigenvalue weighted by molar-refractivity contribution is 7.80. The van der Waals surface area contributed by atoms with Crippen LogP contribution in [0.25, 0.3) is 0 Å². The van der Waals surface area contributed by atoms with Crippen molar-refractivity contribution >= 4 is 23.1 Å². The highest BCUT2D eigenvalue weighted by Gasteiger charge is 2.41. The molecule has 7 nitrogen and oxygen atoms in total. The molecule has 104 valence electrons. The summed E-state index contributed by atoms with van der Waals surface area (Å²) in [6.45, 7) is 0.236. The second-order valence-electron chi connectivity index (χ2n) is 4.87. The van der Waals surface area contributed by atoms with Gasteiger partial charge in [0.15, 0.2) is 5.82 Å². The number of hydrogen-bond acceptors (Lipinski definition) is 5. The lowest BCUT2D eigenvalue weighted by atomic mass is 9.79. The maximum Gasteiger partial charge on any atom is 0.233 e. The Bertz CT molecular complexity index is 438. The van der Waals surface area contributed by atoms with Crippen LogP contribution in [0.3, 0.4) is 0 Å². The van der Waals surface area contributed by atoms with Crippen molar-refractivity contribution in [3.63, 3.8) is 0 Å². The molecule has 0 aliphatic heterocycles. The number of rotatable bonds is 4. The fourth-order valence-electron chi connectivity index (χ4n) is 2.50. The second kappa shape index (κ2) is 6.05. The molecule has 8 heteroatoms. The van der Waals surface area contributed by atoms with Gasteiger partial charge in [-0.1, -0.05) is 43.1 Å². The summed E-state index contributed by atoms with van der Waals surface area (Å²) in [7, 11) is 0. The first-order valence-electron chi connectivity index (χ1n) is 6.46. The van der Waals surface area contributed by atoms with Crippen molar-refractivity contribution in [2.45, 2.75) is 45.1 Å². The third-order valence-electron chi connectivity index (χ3n) is 3.66. The number of nitrogens with zero attached hydrogens (tertiary/aromatic N) is 3. The quantitative estimate of drug-likeness (QED) is 0.546. The molecule has 2 rings (SSSR count). The molecule has 4 N–H and O–H groups in total. The van der Waals surface area contributed by atoms with Crippen LogP contribution in [0.15, 0.2) is 0 Å². The van der Waals surface area contributed by atoms with Crippen LogP contribution >= 0.6 is 12.2 Å². The first-order chi connectivity index (χ1) is 9.15. The number of nitrogens with one attached hydrogen (secondary N) is 2. The predicted molar refractivity (Wildman–Crippen MR) is 72.9 cm³/mol. The Morgan fingerprint density at radius 1 is 1.37 bits per heavy atom. The van der Waals surface area contributed by atoms with Crippen molar-refractivity contribution in [3.8, 4) is 0 Å². The third-order valence-corrected chi connectivity index (χ3v) is 4.05. The van der Waals surface area contributed by atoms with E-state index in [-0.39, 0.29) is 12.5 Å². The molecular formula is C11H18N6OS. The molecule has 0 unspecified atom stereocenters. The molecule has 1 aromatic rings. The molecule has 19 heavy (non-hydrogen) atoms. The van der Waals surface area contributed by atoms with E-state index in [4.69, 9.17) is 18.0 Å². The van der Waals surface area contributed by atoms with E-state index in [2.05, 4.69) is 25.9 Å². The van der Waals surface area contributed by atoms with Gasteiger partial charge in [-0.3, -0.25) is 4.79 Å². The van der Waals surface area contributed by atoms with Gasteiger partial charge in [-0.15, -0.1) is 10.2 Å². The molecule has 1 fully saturated rings. The number of amides is 1. The normalized spacial score (nSPS) is 18.5. The minimum Gasteiger partial charge on any atom is -0.392 e. The Labute approximate surface area is 116 Å². The summed E-state index contributed by atoms with van der Waals surface area (Å²) in [5, 5.41) is 16.2. The van der Waals surface area contributed by atoms with Gasteiger partial charge in [0.05, 0.1) is 16.9 Å². The van der Waals surface area contributed by atoms with Crippen molar-refractivity contribution in [2.24, 2.45) is 11.1 Å². The van der Waals surface area contributed by atoms with Crippen LogP contribution < -0.4 is 11.1 Å². The first-order valence-corrected chi connectivity index (χ1v) is 6.86. The number of tetrazole rings is 1. The Balaban J connectivity index is 2.05. The number of H-pyrrole nitrogens is 1. The van der Waals surface area contributed by atoms with E-state index in [1.807, 2.05) is 0 Å². The van der Waals surface area contributed by atoms with Gasteiger partial charge in [0.2, 0.25) is 5.91 Å². The molecule has 0 bridgehead atoms. The molecule has 1 amide bonds. The lowest BCUT2D eigenvalue weighted by Gasteiger charge is -2.29. The molecule has 0 atom stereocenters. The highest BCUT2D eigenvalue weighted by Crippen LogP contribution is 2.35. The monoisotopic (exact) mass is 282 g/mol. The van der Waals surface area contributed by atoms with Crippen LogP contribution in [0.4, 0.5) is 0 Å². The maximum absolute atomic E-state index is 12.4. The van der Waals surface area contributed by atoms with Crippen molar-refractivity contribution in [1.82, 2.24) is 25.9 Å². The number of aromatic amines is 1. The van der Waals surface area contributed by atoms with Gasteiger partial charge in [-0.05, 0) is 12.8 Å². The summed E-state index contributed by atoms with van der Waals surface area (Å²) < 4.78 is 0. The third kappa shape index (κ3) is 3.06. The number of nitrogens with two attached hydrogens (primary N) is 1. The molecule has 1 saturated carbocycles. The highest BCUT2D eigenvalue weighted by atomic mass is 32.1. The van der Waals surface area contributed by atoms with Crippen LogP contribution in [-0.4, -0.2) is 31.5 Å². The topological polar surface area (TPSA) is 110 Å². The summed E-state index contributed by atoms with van der Waals surface area (Å²) in [6, 6.07) is 0. The first kappa shape index (κ1) is 13.9. The van der Waals surface area contributed by atoms with Crippen LogP contribution in [0.5, 0.6) is 0 Å². The molecule has 0 saturated heterocycles. The van der Waals surface area contributed by atoms with Gasteiger partial charge in [0.1, 0.15) is 0 Å². The minimum atomic E-state index is -0.713. The average Bonchev–Trinajstić information content (AvgIpc) is 2.78. The van der Waals surface area contributed by atoms with Crippen molar-refractivity contribution in [1.29, 1.82) is 0 Å². The number of aromatic nitrogens is 4. The smallest absolute Gasteiger partial charge is 0.233 e. The van der Waals surface area contributed by atoms with Gasteiger partial charge in [-0.2, -0.15) is 5.21 Å². The number of carbonyl (C=O) groups excluding carboxylic acids is 1. The summed E-state index contributed by atoms with van der Waals surface area (Å²) >= 11 is 5.15. The summed E-state index contributed by atoms with van der Waals surface area (Å²) in [5.41, 5.74) is 5.13. The van der Waals surface area contributed by atoms with Crippen LogP contribution in [0.1, 0.15) is 44.3 Å². The predicted octanol–water partition coefficient (Wildman–Crippen LogP) is 0.443. The van der Waals surface area contributed by atoms with Gasteiger partial charge in [0.25, 0.3) is 0 Å². The number of hydrogen-bond donors (Lipinski definition) is 3. The molecule has 0 spiro atoms. The van der Waals surface area contributed by atoms with Crippen LogP contribution in [0.2, 0.25) is 0 Å². The van der Waals surface area contributed by atoms with E-state index in [1.165, 1.54) is 0 Å². The largest absolute Gasteiger partial charge is 0.392 e. The van der Waals surface area contributed by atoms with Crippen LogP contribution in [0, 0.1) is 5.41 Å². The Hall–Kier alpha value is -1.57. The van der Waals surface area contributed by atoms with Gasteiger partial charge >= 0.3 is 0 Å². The fraction of sp³-hybridized carbons (Fsp3) is 0.727. The van der Waals surface area contributed by atoms with Gasteiger partial charge < -0.3 is 11.1 Å². The van der Waals surface area contributed by atoms with Crippen molar-refractivity contribution < 1.29 is 4.79 Å². The molecule has 1 heterocycles. The van der Waals surface area contributed by atoms with Gasteiger partial charge in [-0.25, -0.2) is 0 Å². The molecule has 1 aliphatic carbocycles. The van der Waals surface area contributed by atoms with E-state index >= 15 is 0 Å². The lowest BCUT2D eigenvalue weighted by Crippen LogP contribution is -2.48. The Kier molecular flexibility index (Phi) is 4.41. The van der Waals surface area contributed by atoms with E-state index < -0.39 is 5.41 Å². The summed E-state index contributed by atoms with van der Waals surface area (Å²) in [4.78, 5) is 12.7. The average molecular weight is 282 g/mol. The number of thiocarbonyl (C=S) groups is 1. The molecule has 1 aromatic heterocycles. The Morgan fingerprint density at radius 3 is 2.58 bits per heavy atom. The second-order valence-corrected chi connectivity index (χ2v) is 5.31. The van der Waals surface area contributed by atoms with E-state index in [1.54, 1.807) is 0 Å². The number of carbonyl (C=O) groups is 1. The van der Waals surface area contributed by atoms with Crippen LogP contribution in [-0.2, 0) is 11.3 Å². The van der Waals surface area contributed by atoms with Crippen molar-refractivity contribution in [3.05, 3.63) is 5.82 Å². The molecule has 0 radical (unpaired) electrons. The zero-order chi connectivity index (χ0) is 13.7. The fourth-order valence-corrected chi connectivity index (χ4v) is 2.80. The van der Waals surface area contributed by atoms with E-state index in [0.717, 1.165) is 38.5 Å². The molecule has 1 aliphatic rings. The van der Waals surface area contributed by atoms with Crippen molar-refractivity contribution in [2.75, 3.05) is 0 Å². The summed E-state index contributed by atoms with van der Waals surface area (Å²) in [6.07, 6.45) is 5.66. The SMILES string of the molecule is NC(=S)C1(C(=O)NCc2nn[nH]n2)CCCCCC1. The van der Waals surface area contributed by atoms with E-state index in [9.17, 15) is 4.79 Å². The Morgan fingerprint density at radius 2 is 2.05 bits per heavy atom. The zero-order valence-electron chi connectivity index (χ0n) is 10.7. The summed E-state index contributed by atoms with van der Waals surface area (Å²) in [5.74, 6) is 0.326. The lowest BCUT2D eigenvalue weighted by molar-refractivity contribution is -0.128. The molecular weight excluding hydrogens is 264 g/mol.